The van der Waals surface area contributed by atoms with Gasteiger partial charge in [0.2, 0.25) is 0 Å². The number of benzene rings is 2. The topological polar surface area (TPSA) is 35.2 Å². The van der Waals surface area contributed by atoms with Gasteiger partial charge >= 0.3 is 0 Å². The zero-order valence-corrected chi connectivity index (χ0v) is 13.2. The van der Waals surface area contributed by atoms with Gasteiger partial charge in [-0.1, -0.05) is 25.1 Å². The molecule has 0 amide bonds. The minimum Gasteiger partial charge on any atom is -0.488 e. The largest absolute Gasteiger partial charge is 0.488 e. The molecule has 1 atom stereocenters. The highest BCUT2D eigenvalue weighted by Crippen LogP contribution is 2.28. The van der Waals surface area contributed by atoms with Crippen molar-refractivity contribution in [3.05, 3.63) is 63.6 Å². The van der Waals surface area contributed by atoms with Crippen LogP contribution in [0, 0.1) is 11.6 Å². The van der Waals surface area contributed by atoms with Crippen molar-refractivity contribution >= 4 is 15.9 Å². The van der Waals surface area contributed by atoms with Crippen LogP contribution in [-0.2, 0) is 6.61 Å². The zero-order valence-electron chi connectivity index (χ0n) is 11.6. The first-order valence-electron chi connectivity index (χ1n) is 6.64. The van der Waals surface area contributed by atoms with Gasteiger partial charge in [-0.2, -0.15) is 0 Å². The molecule has 2 aromatic rings. The normalized spacial score (nSPS) is 12.2. The summed E-state index contributed by atoms with van der Waals surface area (Å²) >= 11 is 3.04. The van der Waals surface area contributed by atoms with Gasteiger partial charge in [-0.3, -0.25) is 0 Å². The fourth-order valence-electron chi connectivity index (χ4n) is 1.99. The van der Waals surface area contributed by atoms with E-state index in [1.165, 1.54) is 12.1 Å². The van der Waals surface area contributed by atoms with Gasteiger partial charge < -0.3 is 10.5 Å². The van der Waals surface area contributed by atoms with Crippen molar-refractivity contribution in [1.82, 2.24) is 0 Å². The third-order valence-electron chi connectivity index (χ3n) is 3.27. The molecule has 0 radical (unpaired) electrons. The van der Waals surface area contributed by atoms with E-state index in [1.54, 1.807) is 12.1 Å². The van der Waals surface area contributed by atoms with Gasteiger partial charge in [0, 0.05) is 11.6 Å². The minimum absolute atomic E-state index is 0.107. The molecule has 0 saturated heterocycles. The second-order valence-electron chi connectivity index (χ2n) is 4.66. The second-order valence-corrected chi connectivity index (χ2v) is 5.52. The van der Waals surface area contributed by atoms with Crippen molar-refractivity contribution in [2.75, 3.05) is 0 Å². The smallest absolute Gasteiger partial charge is 0.146 e. The Bertz CT molecular complexity index is 634. The molecule has 0 bridgehead atoms. The van der Waals surface area contributed by atoms with Crippen molar-refractivity contribution in [3.63, 3.8) is 0 Å². The first-order chi connectivity index (χ1) is 10.0. The third kappa shape index (κ3) is 3.60. The monoisotopic (exact) mass is 355 g/mol. The molecule has 0 aliphatic heterocycles. The van der Waals surface area contributed by atoms with E-state index in [2.05, 4.69) is 15.9 Å². The number of ether oxygens (including phenoxy) is 1. The molecule has 0 heterocycles. The molecule has 0 spiro atoms. The summed E-state index contributed by atoms with van der Waals surface area (Å²) in [4.78, 5) is 0. The molecule has 2 nitrogen and oxygen atoms in total. The van der Waals surface area contributed by atoms with Crippen LogP contribution in [0.4, 0.5) is 8.78 Å². The maximum Gasteiger partial charge on any atom is 0.146 e. The van der Waals surface area contributed by atoms with Gasteiger partial charge in [0.1, 0.15) is 24.0 Å². The predicted molar refractivity (Wildman–Crippen MR) is 82.1 cm³/mol. The van der Waals surface area contributed by atoms with Gasteiger partial charge in [-0.15, -0.1) is 0 Å². The summed E-state index contributed by atoms with van der Waals surface area (Å²) in [5.41, 5.74) is 6.73. The SMILES string of the molecule is CC[C@H](N)c1ccccc1OCc1c(F)ccc(Br)c1F. The van der Waals surface area contributed by atoms with Crippen LogP contribution < -0.4 is 10.5 Å². The maximum absolute atomic E-state index is 13.9. The average Bonchev–Trinajstić information content (AvgIpc) is 2.50. The van der Waals surface area contributed by atoms with E-state index in [9.17, 15) is 8.78 Å². The summed E-state index contributed by atoms with van der Waals surface area (Å²) in [7, 11) is 0. The van der Waals surface area contributed by atoms with Crippen LogP contribution in [0.25, 0.3) is 0 Å². The lowest BCUT2D eigenvalue weighted by molar-refractivity contribution is 0.287. The number of para-hydroxylation sites is 1. The summed E-state index contributed by atoms with van der Waals surface area (Å²) in [6.45, 7) is 1.78. The van der Waals surface area contributed by atoms with Gasteiger partial charge in [0.25, 0.3) is 0 Å². The molecule has 0 unspecified atom stereocenters. The highest BCUT2D eigenvalue weighted by Gasteiger charge is 2.15. The first-order valence-corrected chi connectivity index (χ1v) is 7.43. The zero-order chi connectivity index (χ0) is 15.4. The number of hydrogen-bond acceptors (Lipinski definition) is 2. The lowest BCUT2D eigenvalue weighted by Crippen LogP contribution is -2.11. The van der Waals surface area contributed by atoms with Gasteiger partial charge in [-0.25, -0.2) is 8.78 Å². The number of rotatable bonds is 5. The third-order valence-corrected chi connectivity index (χ3v) is 3.88. The Hall–Kier alpha value is -1.46. The molecule has 21 heavy (non-hydrogen) atoms. The average molecular weight is 356 g/mol. The van der Waals surface area contributed by atoms with Crippen molar-refractivity contribution in [2.45, 2.75) is 26.0 Å². The van der Waals surface area contributed by atoms with E-state index in [0.29, 0.717) is 5.75 Å². The standard InChI is InChI=1S/C16H16BrF2NO/c1-2-14(20)10-5-3-4-6-15(10)21-9-11-13(18)8-7-12(17)16(11)19/h3-8,14H,2,9,20H2,1H3/t14-/m0/s1. The molecule has 2 N–H and O–H groups in total. The van der Waals surface area contributed by atoms with Gasteiger partial charge in [0.05, 0.1) is 10.0 Å². The maximum atomic E-state index is 13.9. The fraction of sp³-hybridized carbons (Fsp3) is 0.250. The van der Waals surface area contributed by atoms with Crippen LogP contribution in [0.1, 0.15) is 30.5 Å². The predicted octanol–water partition coefficient (Wildman–Crippen LogP) is 4.72. The van der Waals surface area contributed by atoms with Crippen molar-refractivity contribution < 1.29 is 13.5 Å². The Balaban J connectivity index is 2.23. The van der Waals surface area contributed by atoms with Crippen molar-refractivity contribution in [1.29, 1.82) is 0 Å². The van der Waals surface area contributed by atoms with E-state index < -0.39 is 11.6 Å². The number of halogens is 3. The Labute approximate surface area is 131 Å². The molecule has 2 aromatic carbocycles. The summed E-state index contributed by atoms with van der Waals surface area (Å²) in [6.07, 6.45) is 0.750. The molecule has 0 aliphatic rings. The summed E-state index contributed by atoms with van der Waals surface area (Å²) in [5, 5.41) is 0. The van der Waals surface area contributed by atoms with Crippen LogP contribution in [0.3, 0.4) is 0 Å². The Morgan fingerprint density at radius 1 is 1.19 bits per heavy atom. The number of nitrogens with two attached hydrogens (primary N) is 1. The van der Waals surface area contributed by atoms with Crippen LogP contribution in [0.5, 0.6) is 5.75 Å². The summed E-state index contributed by atoms with van der Waals surface area (Å²) in [5.74, 6) is -0.731. The lowest BCUT2D eigenvalue weighted by Gasteiger charge is -2.16. The van der Waals surface area contributed by atoms with E-state index in [1.807, 2.05) is 19.1 Å². The molecule has 0 aromatic heterocycles. The second kappa shape index (κ2) is 7.00. The Morgan fingerprint density at radius 3 is 2.62 bits per heavy atom. The molecular formula is C16H16BrF2NO. The molecule has 5 heteroatoms. The van der Waals surface area contributed by atoms with Crippen molar-refractivity contribution in [3.8, 4) is 5.75 Å². The molecule has 0 aliphatic carbocycles. The van der Waals surface area contributed by atoms with E-state index >= 15 is 0 Å². The quantitative estimate of drug-likeness (QED) is 0.787. The molecule has 0 fully saturated rings. The Morgan fingerprint density at radius 2 is 1.90 bits per heavy atom. The minimum atomic E-state index is -0.646. The fourth-order valence-corrected chi connectivity index (χ4v) is 2.36. The number of hydrogen-bond donors (Lipinski definition) is 1. The van der Waals surface area contributed by atoms with Crippen LogP contribution >= 0.6 is 15.9 Å². The van der Waals surface area contributed by atoms with Crippen molar-refractivity contribution in [2.24, 2.45) is 5.73 Å². The van der Waals surface area contributed by atoms with Crippen LogP contribution in [0.15, 0.2) is 40.9 Å². The highest BCUT2D eigenvalue weighted by molar-refractivity contribution is 9.10. The molecule has 2 rings (SSSR count). The molecule has 0 saturated carbocycles. The molecular weight excluding hydrogens is 340 g/mol. The van der Waals surface area contributed by atoms with E-state index in [0.717, 1.165) is 12.0 Å². The summed E-state index contributed by atoms with van der Waals surface area (Å²) < 4.78 is 33.4. The van der Waals surface area contributed by atoms with Gasteiger partial charge in [-0.05, 0) is 40.5 Å². The van der Waals surface area contributed by atoms with Crippen LogP contribution in [-0.4, -0.2) is 0 Å². The van der Waals surface area contributed by atoms with Gasteiger partial charge in [0.15, 0.2) is 0 Å². The lowest BCUT2D eigenvalue weighted by atomic mass is 10.0. The van der Waals surface area contributed by atoms with E-state index in [-0.39, 0.29) is 22.7 Å². The molecule has 112 valence electrons. The first kappa shape index (κ1) is 15.9. The van der Waals surface area contributed by atoms with E-state index in [4.69, 9.17) is 10.5 Å². The Kier molecular flexibility index (Phi) is 5.31. The van der Waals surface area contributed by atoms with Crippen LogP contribution in [0.2, 0.25) is 0 Å². The highest BCUT2D eigenvalue weighted by atomic mass is 79.9. The summed E-state index contributed by atoms with van der Waals surface area (Å²) in [6, 6.07) is 9.63.